The first-order valence-electron chi connectivity index (χ1n) is 11.0. The number of amides is 1. The van der Waals surface area contributed by atoms with Gasteiger partial charge in [0.25, 0.3) is 0 Å². The Morgan fingerprint density at radius 2 is 1.48 bits per heavy atom. The van der Waals surface area contributed by atoms with Crippen molar-refractivity contribution < 1.29 is 15.0 Å². The van der Waals surface area contributed by atoms with E-state index in [0.29, 0.717) is 6.42 Å². The van der Waals surface area contributed by atoms with Gasteiger partial charge in [-0.1, -0.05) is 106 Å². The topological polar surface area (TPSA) is 69.6 Å². The summed E-state index contributed by atoms with van der Waals surface area (Å²) in [5.41, 5.74) is 0. The highest BCUT2D eigenvalue weighted by Gasteiger charge is 2.21. The van der Waals surface area contributed by atoms with Crippen LogP contribution in [0.1, 0.15) is 97.3 Å². The lowest BCUT2D eigenvalue weighted by Crippen LogP contribution is -2.47. The van der Waals surface area contributed by atoms with E-state index in [-0.39, 0.29) is 17.3 Å². The molecule has 0 radical (unpaired) electrons. The highest BCUT2D eigenvalue weighted by atomic mass is 79.9. The number of rotatable bonds is 18. The second-order valence-corrected chi connectivity index (χ2v) is 8.52. The molecule has 0 aliphatic carbocycles. The van der Waals surface area contributed by atoms with Crippen LogP contribution < -0.4 is 5.32 Å². The van der Waals surface area contributed by atoms with Gasteiger partial charge in [0.15, 0.2) is 0 Å². The summed E-state index contributed by atoms with van der Waals surface area (Å²) in [6.45, 7) is 3.88. The molecular weight excluding hydrogens is 406 g/mol. The summed E-state index contributed by atoms with van der Waals surface area (Å²) in [5.74, 6) is -0.200. The molecule has 0 bridgehead atoms. The van der Waals surface area contributed by atoms with Crippen LogP contribution in [0.5, 0.6) is 0 Å². The summed E-state index contributed by atoms with van der Waals surface area (Å²) in [6.07, 6.45) is 18.9. The third-order valence-electron chi connectivity index (χ3n) is 4.89. The van der Waals surface area contributed by atoms with E-state index in [0.717, 1.165) is 12.8 Å². The number of allylic oxidation sites excluding steroid dienone is 1. The predicted octanol–water partition coefficient (Wildman–Crippen LogP) is 5.26. The summed E-state index contributed by atoms with van der Waals surface area (Å²) >= 11 is 3.27. The van der Waals surface area contributed by atoms with Gasteiger partial charge in [-0.3, -0.25) is 4.79 Å². The molecule has 0 saturated heterocycles. The van der Waals surface area contributed by atoms with Gasteiger partial charge >= 0.3 is 0 Å². The van der Waals surface area contributed by atoms with Crippen LogP contribution in [0.2, 0.25) is 0 Å². The Morgan fingerprint density at radius 3 is 1.96 bits per heavy atom. The molecule has 0 aromatic heterocycles. The van der Waals surface area contributed by atoms with Gasteiger partial charge in [0.05, 0.1) is 23.6 Å². The zero-order valence-corrected chi connectivity index (χ0v) is 19.1. The minimum Gasteiger partial charge on any atom is -0.394 e. The van der Waals surface area contributed by atoms with Gasteiger partial charge in [-0.05, 0) is 19.3 Å². The number of aliphatic hydroxyl groups is 2. The Bertz CT molecular complexity index is 377. The van der Waals surface area contributed by atoms with E-state index >= 15 is 0 Å². The Hall–Kier alpha value is -0.390. The Balaban J connectivity index is 3.69. The zero-order valence-electron chi connectivity index (χ0n) is 17.5. The van der Waals surface area contributed by atoms with Crippen molar-refractivity contribution in [1.29, 1.82) is 0 Å². The summed E-state index contributed by atoms with van der Waals surface area (Å²) < 4.78 is 0. The van der Waals surface area contributed by atoms with E-state index in [2.05, 4.69) is 28.2 Å². The van der Waals surface area contributed by atoms with Gasteiger partial charge in [-0.15, -0.1) is 0 Å². The molecule has 0 aromatic carbocycles. The number of carbonyl (C=O) groups is 1. The Kier molecular flexibility index (Phi) is 18.7. The maximum atomic E-state index is 11.8. The Labute approximate surface area is 175 Å². The fourth-order valence-corrected chi connectivity index (χ4v) is 3.13. The van der Waals surface area contributed by atoms with Crippen molar-refractivity contribution in [3.05, 3.63) is 12.2 Å². The zero-order chi connectivity index (χ0) is 20.3. The van der Waals surface area contributed by atoms with E-state index in [1.807, 2.05) is 13.0 Å². The second kappa shape index (κ2) is 18.9. The van der Waals surface area contributed by atoms with Gasteiger partial charge in [-0.25, -0.2) is 0 Å². The lowest BCUT2D eigenvalue weighted by Gasteiger charge is -2.21. The number of hydrogen-bond donors (Lipinski definition) is 3. The predicted molar refractivity (Wildman–Crippen MR) is 118 cm³/mol. The first kappa shape index (κ1) is 26.6. The van der Waals surface area contributed by atoms with Crippen LogP contribution in [0, 0.1) is 0 Å². The maximum absolute atomic E-state index is 11.8. The molecule has 0 aliphatic heterocycles. The molecule has 0 fully saturated rings. The number of hydrogen-bond acceptors (Lipinski definition) is 3. The third kappa shape index (κ3) is 15.2. The average Bonchev–Trinajstić information content (AvgIpc) is 2.68. The molecule has 0 rings (SSSR count). The fourth-order valence-electron chi connectivity index (χ4n) is 2.99. The molecule has 4 nitrogen and oxygen atoms in total. The fraction of sp³-hybridized carbons (Fsp3) is 0.864. The van der Waals surface area contributed by atoms with Crippen molar-refractivity contribution in [3.8, 4) is 0 Å². The molecule has 0 heterocycles. The molecule has 5 heteroatoms. The Morgan fingerprint density at radius 1 is 0.963 bits per heavy atom. The average molecular weight is 448 g/mol. The third-order valence-corrected chi connectivity index (χ3v) is 5.95. The lowest BCUT2D eigenvalue weighted by molar-refractivity contribution is -0.122. The molecule has 3 atom stereocenters. The van der Waals surface area contributed by atoms with E-state index in [1.54, 1.807) is 6.08 Å². The monoisotopic (exact) mass is 447 g/mol. The van der Waals surface area contributed by atoms with Crippen LogP contribution >= 0.6 is 15.9 Å². The summed E-state index contributed by atoms with van der Waals surface area (Å²) in [7, 11) is 0. The van der Waals surface area contributed by atoms with Crippen molar-refractivity contribution in [2.75, 3.05) is 6.61 Å². The van der Waals surface area contributed by atoms with Crippen LogP contribution in [0.25, 0.3) is 0 Å². The van der Waals surface area contributed by atoms with Crippen LogP contribution in [-0.4, -0.2) is 39.7 Å². The summed E-state index contributed by atoms with van der Waals surface area (Å²) in [5, 5.41) is 22.2. The molecule has 3 N–H and O–H groups in total. The maximum Gasteiger partial charge on any atom is 0.234 e. The normalized spacial score (nSPS) is 15.0. The summed E-state index contributed by atoms with van der Waals surface area (Å²) in [4.78, 5) is 11.5. The molecule has 27 heavy (non-hydrogen) atoms. The van der Waals surface area contributed by atoms with Crippen LogP contribution in [0.3, 0.4) is 0 Å². The first-order chi connectivity index (χ1) is 13.1. The van der Waals surface area contributed by atoms with Crippen LogP contribution in [0.15, 0.2) is 12.2 Å². The molecule has 0 saturated carbocycles. The summed E-state index contributed by atoms with van der Waals surface area (Å²) in [6, 6.07) is -0.655. The molecule has 0 aromatic rings. The molecule has 0 aliphatic rings. The van der Waals surface area contributed by atoms with E-state index < -0.39 is 12.1 Å². The van der Waals surface area contributed by atoms with Gasteiger partial charge < -0.3 is 15.5 Å². The number of aliphatic hydroxyl groups excluding tert-OH is 2. The molecule has 160 valence electrons. The van der Waals surface area contributed by atoms with Gasteiger partial charge in [0.2, 0.25) is 5.91 Å². The van der Waals surface area contributed by atoms with Crippen molar-refractivity contribution in [2.24, 2.45) is 0 Å². The van der Waals surface area contributed by atoms with Crippen molar-refractivity contribution in [1.82, 2.24) is 5.32 Å². The number of carbonyl (C=O) groups excluding carboxylic acids is 1. The van der Waals surface area contributed by atoms with Gasteiger partial charge in [-0.2, -0.15) is 0 Å². The first-order valence-corrected chi connectivity index (χ1v) is 11.9. The van der Waals surface area contributed by atoms with E-state index in [1.165, 1.54) is 64.2 Å². The van der Waals surface area contributed by atoms with Crippen LogP contribution in [-0.2, 0) is 4.79 Å². The highest BCUT2D eigenvalue weighted by molar-refractivity contribution is 9.10. The van der Waals surface area contributed by atoms with Crippen molar-refractivity contribution in [3.63, 3.8) is 0 Å². The largest absolute Gasteiger partial charge is 0.394 e. The SMILES string of the molecule is CCCCCCCCCCCCC/C=C/[C@@H](O)C(CO)NC(=O)C(Br)CC. The minimum absolute atomic E-state index is 0.200. The molecule has 0 spiro atoms. The second-order valence-electron chi connectivity index (χ2n) is 7.42. The van der Waals surface area contributed by atoms with E-state index in [4.69, 9.17) is 0 Å². The smallest absolute Gasteiger partial charge is 0.234 e. The number of unbranched alkanes of at least 4 members (excludes halogenated alkanes) is 11. The number of nitrogens with one attached hydrogen (secondary N) is 1. The molecular formula is C22H42BrNO3. The van der Waals surface area contributed by atoms with Crippen molar-refractivity contribution >= 4 is 21.8 Å². The number of alkyl halides is 1. The van der Waals surface area contributed by atoms with Crippen LogP contribution in [0.4, 0.5) is 0 Å². The quantitative estimate of drug-likeness (QED) is 0.152. The standard InChI is InChI=1S/C22H42BrNO3/c1-3-5-6-7-8-9-10-11-12-13-14-15-16-17-21(26)20(18-25)24-22(27)19(23)4-2/h16-17,19-21,25-26H,3-15,18H2,1-2H3,(H,24,27)/b17-16+/t19?,20?,21-/m1/s1. The highest BCUT2D eigenvalue weighted by Crippen LogP contribution is 2.12. The van der Waals surface area contributed by atoms with Gasteiger partial charge in [0, 0.05) is 0 Å². The van der Waals surface area contributed by atoms with E-state index in [9.17, 15) is 15.0 Å². The molecule has 1 amide bonds. The van der Waals surface area contributed by atoms with Gasteiger partial charge in [0.1, 0.15) is 0 Å². The lowest BCUT2D eigenvalue weighted by atomic mass is 10.0. The minimum atomic E-state index is -0.858. The number of halogens is 1. The molecule has 2 unspecified atom stereocenters. The van der Waals surface area contributed by atoms with Crippen molar-refractivity contribution in [2.45, 2.75) is 114 Å².